The van der Waals surface area contributed by atoms with Crippen molar-refractivity contribution >= 4 is 11.8 Å². The Balaban J connectivity index is 2.08. The number of thioether (sulfide) groups is 1. The Labute approximate surface area is 98.3 Å². The van der Waals surface area contributed by atoms with E-state index in [1.165, 1.54) is 25.7 Å². The zero-order valence-corrected chi connectivity index (χ0v) is 10.9. The zero-order chi connectivity index (χ0) is 11.1. The predicted octanol–water partition coefficient (Wildman–Crippen LogP) is 2.66. The molecule has 1 aliphatic carbocycles. The van der Waals surface area contributed by atoms with Crippen molar-refractivity contribution in [1.82, 2.24) is 0 Å². The summed E-state index contributed by atoms with van der Waals surface area (Å²) in [6.45, 7) is 3.07. The zero-order valence-electron chi connectivity index (χ0n) is 10.1. The highest BCUT2D eigenvalue weighted by atomic mass is 32.2. The molecule has 2 nitrogen and oxygen atoms in total. The maximum Gasteiger partial charge on any atom is 0.0465 e. The van der Waals surface area contributed by atoms with Gasteiger partial charge in [-0.05, 0) is 25.2 Å². The average molecular weight is 231 g/mol. The van der Waals surface area contributed by atoms with Gasteiger partial charge in [-0.3, -0.25) is 0 Å². The van der Waals surface area contributed by atoms with Crippen molar-refractivity contribution in [3.8, 4) is 0 Å². The Kier molecular flexibility index (Phi) is 6.69. The predicted molar refractivity (Wildman–Crippen MR) is 68.3 cm³/mol. The lowest BCUT2D eigenvalue weighted by Crippen LogP contribution is -2.32. The van der Waals surface area contributed by atoms with Crippen LogP contribution in [0.15, 0.2) is 0 Å². The van der Waals surface area contributed by atoms with E-state index in [0.717, 1.165) is 24.0 Å². The van der Waals surface area contributed by atoms with Gasteiger partial charge in [0.15, 0.2) is 0 Å². The van der Waals surface area contributed by atoms with Crippen LogP contribution < -0.4 is 5.73 Å². The summed E-state index contributed by atoms with van der Waals surface area (Å²) in [5, 5.41) is 0.894. The molecule has 0 saturated heterocycles. The van der Waals surface area contributed by atoms with Crippen LogP contribution in [0.25, 0.3) is 0 Å². The largest absolute Gasteiger partial charge is 0.385 e. The molecule has 0 aliphatic heterocycles. The van der Waals surface area contributed by atoms with Gasteiger partial charge in [-0.15, -0.1) is 0 Å². The molecular formula is C12H25NOS. The summed E-state index contributed by atoms with van der Waals surface area (Å²) in [6.07, 6.45) is 6.74. The smallest absolute Gasteiger partial charge is 0.0465 e. The van der Waals surface area contributed by atoms with E-state index >= 15 is 0 Å². The van der Waals surface area contributed by atoms with Gasteiger partial charge in [-0.25, -0.2) is 0 Å². The van der Waals surface area contributed by atoms with Crippen LogP contribution in [0.1, 0.15) is 39.0 Å². The Morgan fingerprint density at radius 1 is 1.40 bits per heavy atom. The topological polar surface area (TPSA) is 35.2 Å². The molecule has 3 heteroatoms. The summed E-state index contributed by atoms with van der Waals surface area (Å²) in [7, 11) is 1.76. The lowest BCUT2D eigenvalue weighted by Gasteiger charge is -2.20. The molecule has 90 valence electrons. The third kappa shape index (κ3) is 5.23. The van der Waals surface area contributed by atoms with Gasteiger partial charge < -0.3 is 10.5 Å². The van der Waals surface area contributed by atoms with Crippen LogP contribution in [0, 0.1) is 5.92 Å². The first-order chi connectivity index (χ1) is 7.24. The average Bonchev–Trinajstić information content (AvgIpc) is 2.75. The minimum absolute atomic E-state index is 0.339. The van der Waals surface area contributed by atoms with Gasteiger partial charge in [-0.1, -0.05) is 19.8 Å². The monoisotopic (exact) mass is 231 g/mol. The first kappa shape index (κ1) is 13.3. The molecule has 0 aromatic carbocycles. The molecule has 0 spiro atoms. The number of rotatable bonds is 7. The minimum Gasteiger partial charge on any atom is -0.385 e. The van der Waals surface area contributed by atoms with Crippen molar-refractivity contribution in [2.24, 2.45) is 11.7 Å². The molecule has 0 amide bonds. The molecule has 1 rings (SSSR count). The van der Waals surface area contributed by atoms with Crippen LogP contribution in [-0.2, 0) is 4.74 Å². The molecule has 0 heterocycles. The fourth-order valence-corrected chi connectivity index (χ4v) is 3.47. The van der Waals surface area contributed by atoms with E-state index in [0.29, 0.717) is 12.0 Å². The first-order valence-electron chi connectivity index (χ1n) is 6.10. The molecule has 2 unspecified atom stereocenters. The second kappa shape index (κ2) is 7.53. The van der Waals surface area contributed by atoms with Gasteiger partial charge >= 0.3 is 0 Å². The van der Waals surface area contributed by atoms with Gasteiger partial charge in [0.2, 0.25) is 0 Å². The van der Waals surface area contributed by atoms with Crippen LogP contribution in [0.4, 0.5) is 0 Å². The molecule has 2 atom stereocenters. The molecule has 1 aliphatic rings. The molecular weight excluding hydrogens is 206 g/mol. The number of ether oxygens (including phenoxy) is 1. The summed E-state index contributed by atoms with van der Waals surface area (Å²) >= 11 is 2.09. The third-order valence-corrected chi connectivity index (χ3v) is 4.85. The summed E-state index contributed by atoms with van der Waals surface area (Å²) in [5.74, 6) is 1.70. The number of nitrogens with two attached hydrogens (primary N) is 1. The van der Waals surface area contributed by atoms with Crippen molar-refractivity contribution in [2.45, 2.75) is 50.3 Å². The summed E-state index contributed by atoms with van der Waals surface area (Å²) in [4.78, 5) is 0. The molecule has 0 radical (unpaired) electrons. The summed E-state index contributed by atoms with van der Waals surface area (Å²) in [5.41, 5.74) is 6.16. The van der Waals surface area contributed by atoms with Gasteiger partial charge in [0.25, 0.3) is 0 Å². The summed E-state index contributed by atoms with van der Waals surface area (Å²) in [6, 6.07) is 0.339. The van der Waals surface area contributed by atoms with Crippen molar-refractivity contribution in [1.29, 1.82) is 0 Å². The Bertz CT molecular complexity index is 160. The maximum atomic E-state index is 6.16. The maximum absolute atomic E-state index is 6.16. The van der Waals surface area contributed by atoms with Crippen LogP contribution in [0.2, 0.25) is 0 Å². The van der Waals surface area contributed by atoms with E-state index in [9.17, 15) is 0 Å². The Morgan fingerprint density at radius 2 is 2.07 bits per heavy atom. The molecule has 0 bridgehead atoms. The third-order valence-electron chi connectivity index (χ3n) is 3.33. The number of hydrogen-bond donors (Lipinski definition) is 1. The van der Waals surface area contributed by atoms with E-state index in [4.69, 9.17) is 10.5 Å². The second-order valence-corrected chi connectivity index (χ2v) is 6.00. The van der Waals surface area contributed by atoms with Crippen LogP contribution >= 0.6 is 11.8 Å². The number of methoxy groups -OCH3 is 1. The van der Waals surface area contributed by atoms with Crippen molar-refractivity contribution in [2.75, 3.05) is 19.5 Å². The van der Waals surface area contributed by atoms with Crippen LogP contribution in [0.5, 0.6) is 0 Å². The minimum atomic E-state index is 0.339. The highest BCUT2D eigenvalue weighted by Crippen LogP contribution is 2.30. The van der Waals surface area contributed by atoms with Crippen molar-refractivity contribution < 1.29 is 4.74 Å². The molecule has 1 fully saturated rings. The van der Waals surface area contributed by atoms with Gasteiger partial charge in [0.1, 0.15) is 0 Å². The lowest BCUT2D eigenvalue weighted by atomic mass is 10.0. The SMILES string of the molecule is COCCC(C)C(N)CSC1CCCC1. The standard InChI is InChI=1S/C12H25NOS/c1-10(7-8-14-2)12(13)9-15-11-5-3-4-6-11/h10-12H,3-9,13H2,1-2H3. The molecule has 0 aromatic rings. The molecule has 15 heavy (non-hydrogen) atoms. The van der Waals surface area contributed by atoms with E-state index < -0.39 is 0 Å². The number of hydrogen-bond acceptors (Lipinski definition) is 3. The van der Waals surface area contributed by atoms with Crippen LogP contribution in [0.3, 0.4) is 0 Å². The Morgan fingerprint density at radius 3 is 2.67 bits per heavy atom. The quantitative estimate of drug-likeness (QED) is 0.731. The molecule has 1 saturated carbocycles. The molecule has 2 N–H and O–H groups in total. The first-order valence-corrected chi connectivity index (χ1v) is 7.15. The highest BCUT2D eigenvalue weighted by molar-refractivity contribution is 7.99. The van der Waals surface area contributed by atoms with E-state index in [1.807, 2.05) is 0 Å². The summed E-state index contributed by atoms with van der Waals surface area (Å²) < 4.78 is 5.08. The van der Waals surface area contributed by atoms with E-state index in [-0.39, 0.29) is 0 Å². The highest BCUT2D eigenvalue weighted by Gasteiger charge is 2.18. The van der Waals surface area contributed by atoms with Crippen LogP contribution in [-0.4, -0.2) is 30.8 Å². The second-order valence-electron chi connectivity index (χ2n) is 4.66. The Hall–Kier alpha value is 0.270. The molecule has 0 aromatic heterocycles. The van der Waals surface area contributed by atoms with Crippen molar-refractivity contribution in [3.05, 3.63) is 0 Å². The lowest BCUT2D eigenvalue weighted by molar-refractivity contribution is 0.176. The fraction of sp³-hybridized carbons (Fsp3) is 1.00. The fourth-order valence-electron chi connectivity index (χ4n) is 1.98. The normalized spacial score (nSPS) is 21.8. The van der Waals surface area contributed by atoms with Gasteiger partial charge in [-0.2, -0.15) is 11.8 Å². The van der Waals surface area contributed by atoms with E-state index in [2.05, 4.69) is 18.7 Å². The van der Waals surface area contributed by atoms with Gasteiger partial charge in [0, 0.05) is 30.8 Å². The van der Waals surface area contributed by atoms with Crippen molar-refractivity contribution in [3.63, 3.8) is 0 Å². The van der Waals surface area contributed by atoms with Gasteiger partial charge in [0.05, 0.1) is 0 Å². The van der Waals surface area contributed by atoms with E-state index in [1.54, 1.807) is 7.11 Å².